The molecule has 2 aromatic heterocycles. The van der Waals surface area contributed by atoms with E-state index in [0.29, 0.717) is 0 Å². The van der Waals surface area contributed by atoms with Crippen LogP contribution >= 0.6 is 23.5 Å². The van der Waals surface area contributed by atoms with Gasteiger partial charge in [0, 0.05) is 0 Å². The van der Waals surface area contributed by atoms with Crippen molar-refractivity contribution in [1.82, 2.24) is 0 Å². The van der Waals surface area contributed by atoms with E-state index in [1.807, 2.05) is 24.3 Å². The van der Waals surface area contributed by atoms with E-state index in [-0.39, 0.29) is 10.7 Å². The van der Waals surface area contributed by atoms with E-state index >= 15 is 0 Å². The van der Waals surface area contributed by atoms with E-state index in [0.717, 1.165) is 21.6 Å². The van der Waals surface area contributed by atoms with Gasteiger partial charge in [-0.1, -0.05) is 23.5 Å². The molecule has 0 unspecified atom stereocenters. The Kier molecular flexibility index (Phi) is 2.38. The second kappa shape index (κ2) is 4.07. The van der Waals surface area contributed by atoms with Crippen molar-refractivity contribution in [2.24, 2.45) is 9.98 Å². The average molecular weight is 276 g/mol. The van der Waals surface area contributed by atoms with Gasteiger partial charge >= 0.3 is 0 Å². The molecular formula is C12H8N2O2S2. The molecule has 2 aliphatic rings. The minimum absolute atomic E-state index is 0.134. The molecule has 4 heterocycles. The van der Waals surface area contributed by atoms with Gasteiger partial charge in [0.15, 0.2) is 11.5 Å². The van der Waals surface area contributed by atoms with Gasteiger partial charge in [-0.05, 0) is 24.3 Å². The summed E-state index contributed by atoms with van der Waals surface area (Å²) in [6.07, 6.45) is 3.33. The normalized spacial score (nSPS) is 26.0. The molecule has 0 N–H and O–H groups in total. The van der Waals surface area contributed by atoms with Crippen molar-refractivity contribution >= 4 is 33.6 Å². The van der Waals surface area contributed by atoms with E-state index < -0.39 is 0 Å². The van der Waals surface area contributed by atoms with Crippen LogP contribution in [0, 0.1) is 0 Å². The molecule has 4 rings (SSSR count). The molecule has 0 saturated heterocycles. The van der Waals surface area contributed by atoms with Gasteiger partial charge in [-0.3, -0.25) is 9.98 Å². The zero-order chi connectivity index (χ0) is 11.9. The number of hydrogen-bond donors (Lipinski definition) is 0. The van der Waals surface area contributed by atoms with Crippen molar-refractivity contribution in [3.8, 4) is 0 Å². The Balaban J connectivity index is 1.57. The number of aliphatic imine (C=N–C) groups is 2. The van der Waals surface area contributed by atoms with Crippen molar-refractivity contribution in [3.63, 3.8) is 0 Å². The number of rotatable bonds is 2. The summed E-state index contributed by atoms with van der Waals surface area (Å²) in [6, 6.07) is 7.60. The minimum Gasteiger partial charge on any atom is -0.462 e. The van der Waals surface area contributed by atoms with Crippen LogP contribution in [0.3, 0.4) is 0 Å². The molecule has 2 atom stereocenters. The van der Waals surface area contributed by atoms with Gasteiger partial charge in [-0.2, -0.15) is 0 Å². The first-order chi connectivity index (χ1) is 8.90. The fourth-order valence-electron chi connectivity index (χ4n) is 1.86. The number of hydrogen-bond acceptors (Lipinski definition) is 6. The maximum atomic E-state index is 5.35. The third-order valence-electron chi connectivity index (χ3n) is 2.66. The third kappa shape index (κ3) is 1.64. The lowest BCUT2D eigenvalue weighted by Gasteiger charge is -1.99. The molecular weight excluding hydrogens is 268 g/mol. The number of fused-ring (bicyclic) bond motifs is 1. The largest absolute Gasteiger partial charge is 0.462 e. The van der Waals surface area contributed by atoms with Crippen molar-refractivity contribution < 1.29 is 8.83 Å². The van der Waals surface area contributed by atoms with Crippen molar-refractivity contribution in [1.29, 1.82) is 0 Å². The maximum Gasteiger partial charge on any atom is 0.158 e. The van der Waals surface area contributed by atoms with Gasteiger partial charge < -0.3 is 8.83 Å². The van der Waals surface area contributed by atoms with Gasteiger partial charge in [-0.25, -0.2) is 0 Å². The summed E-state index contributed by atoms with van der Waals surface area (Å²) < 4.78 is 10.7. The van der Waals surface area contributed by atoms with Gasteiger partial charge in [0.05, 0.1) is 12.5 Å². The number of thioether (sulfide) groups is 2. The van der Waals surface area contributed by atoms with Gasteiger partial charge in [0.25, 0.3) is 0 Å². The van der Waals surface area contributed by atoms with Crippen LogP contribution in [-0.4, -0.2) is 20.8 Å². The lowest BCUT2D eigenvalue weighted by atomic mass is 10.5. The van der Waals surface area contributed by atoms with Gasteiger partial charge in [0.2, 0.25) is 0 Å². The molecule has 0 radical (unpaired) electrons. The molecule has 0 amide bonds. The molecule has 18 heavy (non-hydrogen) atoms. The van der Waals surface area contributed by atoms with E-state index in [2.05, 4.69) is 9.98 Å². The quantitative estimate of drug-likeness (QED) is 0.845. The van der Waals surface area contributed by atoms with Crippen molar-refractivity contribution in [2.75, 3.05) is 0 Å². The lowest BCUT2D eigenvalue weighted by Crippen LogP contribution is -2.03. The topological polar surface area (TPSA) is 51.0 Å². The number of nitrogens with zero attached hydrogens (tertiary/aromatic N) is 2. The predicted octanol–water partition coefficient (Wildman–Crippen LogP) is 3.21. The van der Waals surface area contributed by atoms with E-state index in [1.54, 1.807) is 36.1 Å². The summed E-state index contributed by atoms with van der Waals surface area (Å²) in [5.41, 5.74) is 0. The maximum absolute atomic E-state index is 5.35. The molecule has 0 aliphatic carbocycles. The van der Waals surface area contributed by atoms with Crippen LogP contribution < -0.4 is 0 Å². The molecule has 0 fully saturated rings. The molecule has 2 aliphatic heterocycles. The van der Waals surface area contributed by atoms with Crippen molar-refractivity contribution in [3.05, 3.63) is 48.3 Å². The van der Waals surface area contributed by atoms with Crippen LogP contribution in [0.4, 0.5) is 0 Å². The molecule has 2 aromatic rings. The Morgan fingerprint density at radius 1 is 0.833 bits per heavy atom. The highest BCUT2D eigenvalue weighted by Gasteiger charge is 2.38. The third-order valence-corrected chi connectivity index (χ3v) is 5.10. The Hall–Kier alpha value is -1.40. The first kappa shape index (κ1) is 10.5. The predicted molar refractivity (Wildman–Crippen MR) is 73.2 cm³/mol. The highest BCUT2D eigenvalue weighted by Crippen LogP contribution is 2.43. The number of furan rings is 2. The van der Waals surface area contributed by atoms with Crippen LogP contribution in [0.15, 0.2) is 55.6 Å². The Morgan fingerprint density at radius 2 is 1.33 bits per heavy atom. The highest BCUT2D eigenvalue weighted by atomic mass is 32.2. The molecule has 0 aromatic carbocycles. The van der Waals surface area contributed by atoms with E-state index in [4.69, 9.17) is 8.83 Å². The van der Waals surface area contributed by atoms with Crippen LogP contribution in [0.2, 0.25) is 0 Å². The standard InChI is InChI=1S/C12H8N2O2S2/c1-3-7(15-5-1)9-13-11-12(17-9)14-10(18-11)8-4-2-6-16-8/h1-6,11-12H/t11-,12-/m1/s1. The lowest BCUT2D eigenvalue weighted by molar-refractivity contribution is 0.559. The zero-order valence-corrected chi connectivity index (χ0v) is 10.8. The minimum atomic E-state index is 0.134. The van der Waals surface area contributed by atoms with Crippen LogP contribution in [0.5, 0.6) is 0 Å². The summed E-state index contributed by atoms with van der Waals surface area (Å²) in [5.74, 6) is 1.65. The molecule has 4 nitrogen and oxygen atoms in total. The zero-order valence-electron chi connectivity index (χ0n) is 9.15. The van der Waals surface area contributed by atoms with E-state index in [1.165, 1.54) is 0 Å². The van der Waals surface area contributed by atoms with Crippen molar-refractivity contribution in [2.45, 2.75) is 10.7 Å². The summed E-state index contributed by atoms with van der Waals surface area (Å²) in [4.78, 5) is 9.29. The van der Waals surface area contributed by atoms with Crippen LogP contribution in [0.25, 0.3) is 0 Å². The first-order valence-electron chi connectivity index (χ1n) is 5.47. The Morgan fingerprint density at radius 3 is 1.72 bits per heavy atom. The first-order valence-corrected chi connectivity index (χ1v) is 7.23. The second-order valence-corrected chi connectivity index (χ2v) is 6.05. The fraction of sp³-hybridized carbons (Fsp3) is 0.167. The van der Waals surface area contributed by atoms with Gasteiger partial charge in [0.1, 0.15) is 20.8 Å². The van der Waals surface area contributed by atoms with Crippen LogP contribution in [0.1, 0.15) is 11.5 Å². The molecule has 0 bridgehead atoms. The summed E-state index contributed by atoms with van der Waals surface area (Å²) in [7, 11) is 0. The van der Waals surface area contributed by atoms with E-state index in [9.17, 15) is 0 Å². The monoisotopic (exact) mass is 276 g/mol. The van der Waals surface area contributed by atoms with Crippen LogP contribution in [-0.2, 0) is 0 Å². The smallest absolute Gasteiger partial charge is 0.158 e. The summed E-state index contributed by atoms with van der Waals surface area (Å²) >= 11 is 3.29. The fourth-order valence-corrected chi connectivity index (χ4v) is 4.27. The SMILES string of the molecule is c1coc(C2=N[C@@H]3SC(c4ccco4)=N[C@@H]3S2)c1. The summed E-state index contributed by atoms with van der Waals surface area (Å²) in [6.45, 7) is 0. The molecule has 0 spiro atoms. The molecule has 90 valence electrons. The molecule has 0 saturated carbocycles. The average Bonchev–Trinajstić information content (AvgIpc) is 3.13. The Labute approximate surface area is 112 Å². The second-order valence-electron chi connectivity index (χ2n) is 3.84. The van der Waals surface area contributed by atoms with Gasteiger partial charge in [-0.15, -0.1) is 0 Å². The summed E-state index contributed by atoms with van der Waals surface area (Å²) in [5, 5.41) is 2.14. The Bertz CT molecular complexity index is 560. The highest BCUT2D eigenvalue weighted by molar-refractivity contribution is 8.20. The molecule has 6 heteroatoms.